The van der Waals surface area contributed by atoms with E-state index in [0.29, 0.717) is 19.8 Å². The highest BCUT2D eigenvalue weighted by atomic mass is 16.5. The lowest BCUT2D eigenvalue weighted by Gasteiger charge is -2.14. The first-order valence-electron chi connectivity index (χ1n) is 7.98. The molecular weight excluding hydrogens is 300 g/mol. The fourth-order valence-electron chi connectivity index (χ4n) is 2.27. The van der Waals surface area contributed by atoms with Crippen molar-refractivity contribution in [3.63, 3.8) is 0 Å². The van der Waals surface area contributed by atoms with E-state index < -0.39 is 11.9 Å². The van der Waals surface area contributed by atoms with Gasteiger partial charge >= 0.3 is 0 Å². The van der Waals surface area contributed by atoms with Crippen LogP contribution in [0.25, 0.3) is 0 Å². The molecular formula is C16H24N2O5. The van der Waals surface area contributed by atoms with Gasteiger partial charge in [-0.25, -0.2) is 0 Å². The number of hydrogen-bond donors (Lipinski definition) is 2. The second kappa shape index (κ2) is 9.32. The highest BCUT2D eigenvalue weighted by Crippen LogP contribution is 2.11. The van der Waals surface area contributed by atoms with Crippen molar-refractivity contribution >= 4 is 11.8 Å². The van der Waals surface area contributed by atoms with Crippen LogP contribution in [0.4, 0.5) is 0 Å². The average molecular weight is 324 g/mol. The van der Waals surface area contributed by atoms with Gasteiger partial charge in [-0.15, -0.1) is 0 Å². The number of carbonyl (C=O) groups excluding carboxylic acids is 2. The van der Waals surface area contributed by atoms with Gasteiger partial charge in [0.15, 0.2) is 5.76 Å². The largest absolute Gasteiger partial charge is 0.459 e. The molecule has 0 aliphatic carbocycles. The Kier molecular flexibility index (Phi) is 7.09. The number of amides is 2. The number of rotatable bonds is 9. The molecule has 1 saturated heterocycles. The van der Waals surface area contributed by atoms with E-state index in [1.54, 1.807) is 19.1 Å². The van der Waals surface area contributed by atoms with Crippen molar-refractivity contribution in [1.29, 1.82) is 0 Å². The van der Waals surface area contributed by atoms with Gasteiger partial charge in [0.2, 0.25) is 5.91 Å². The Morgan fingerprint density at radius 1 is 1.48 bits per heavy atom. The summed E-state index contributed by atoms with van der Waals surface area (Å²) in [5, 5.41) is 5.34. The van der Waals surface area contributed by atoms with Gasteiger partial charge in [0.25, 0.3) is 5.91 Å². The molecule has 2 unspecified atom stereocenters. The molecule has 23 heavy (non-hydrogen) atoms. The first-order valence-corrected chi connectivity index (χ1v) is 7.98. The Balaban J connectivity index is 1.52. The molecule has 0 saturated carbocycles. The van der Waals surface area contributed by atoms with E-state index >= 15 is 0 Å². The molecule has 1 aliphatic rings. The summed E-state index contributed by atoms with van der Waals surface area (Å²) in [7, 11) is 0. The van der Waals surface area contributed by atoms with Gasteiger partial charge in [-0.2, -0.15) is 0 Å². The fraction of sp³-hybridized carbons (Fsp3) is 0.625. The molecule has 0 radical (unpaired) electrons. The van der Waals surface area contributed by atoms with E-state index in [-0.39, 0.29) is 17.8 Å². The maximum Gasteiger partial charge on any atom is 0.287 e. The Bertz CT molecular complexity index is 483. The van der Waals surface area contributed by atoms with Crippen molar-refractivity contribution in [2.45, 2.75) is 38.3 Å². The summed E-state index contributed by atoms with van der Waals surface area (Å²) in [5.74, 6) is -0.450. The molecule has 2 amide bonds. The molecule has 128 valence electrons. The lowest BCUT2D eigenvalue weighted by atomic mass is 10.2. The van der Waals surface area contributed by atoms with E-state index in [9.17, 15) is 9.59 Å². The summed E-state index contributed by atoms with van der Waals surface area (Å²) in [5.41, 5.74) is 0. The van der Waals surface area contributed by atoms with E-state index in [0.717, 1.165) is 25.9 Å². The van der Waals surface area contributed by atoms with Crippen LogP contribution in [0.3, 0.4) is 0 Å². The number of hydrogen-bond acceptors (Lipinski definition) is 5. The van der Waals surface area contributed by atoms with Gasteiger partial charge in [0.05, 0.1) is 19.0 Å². The molecule has 2 N–H and O–H groups in total. The molecule has 0 bridgehead atoms. The van der Waals surface area contributed by atoms with Gasteiger partial charge in [0, 0.05) is 19.8 Å². The predicted molar refractivity (Wildman–Crippen MR) is 83.1 cm³/mol. The van der Waals surface area contributed by atoms with Gasteiger partial charge in [-0.3, -0.25) is 9.59 Å². The molecule has 0 aromatic carbocycles. The number of ether oxygens (including phenoxy) is 2. The predicted octanol–water partition coefficient (Wildman–Crippen LogP) is 1.10. The average Bonchev–Trinajstić information content (AvgIpc) is 3.23. The van der Waals surface area contributed by atoms with Crippen LogP contribution in [-0.4, -0.2) is 50.3 Å². The van der Waals surface area contributed by atoms with Gasteiger partial charge in [-0.05, 0) is 38.3 Å². The summed E-state index contributed by atoms with van der Waals surface area (Å²) in [6.45, 7) is 4.15. The third kappa shape index (κ3) is 6.03. The molecule has 1 fully saturated rings. The Morgan fingerprint density at radius 2 is 2.35 bits per heavy atom. The van der Waals surface area contributed by atoms with Crippen molar-refractivity contribution in [2.75, 3.05) is 26.4 Å². The number of furan rings is 1. The SMILES string of the molecule is CC(NC(=O)c1ccco1)C(=O)NCCCOCC1CCCO1. The van der Waals surface area contributed by atoms with Crippen LogP contribution in [0.5, 0.6) is 0 Å². The van der Waals surface area contributed by atoms with Crippen LogP contribution in [0.2, 0.25) is 0 Å². The zero-order chi connectivity index (χ0) is 16.5. The summed E-state index contributed by atoms with van der Waals surface area (Å²) in [6, 6.07) is 2.54. The maximum atomic E-state index is 11.9. The Hall–Kier alpha value is -1.86. The smallest absolute Gasteiger partial charge is 0.287 e. The lowest BCUT2D eigenvalue weighted by Crippen LogP contribution is -2.45. The van der Waals surface area contributed by atoms with Gasteiger partial charge in [0.1, 0.15) is 6.04 Å². The minimum atomic E-state index is -0.625. The van der Waals surface area contributed by atoms with Crippen LogP contribution >= 0.6 is 0 Å². The first kappa shape index (κ1) is 17.5. The van der Waals surface area contributed by atoms with Crippen molar-refractivity contribution in [1.82, 2.24) is 10.6 Å². The molecule has 7 heteroatoms. The summed E-state index contributed by atoms with van der Waals surface area (Å²) >= 11 is 0. The minimum absolute atomic E-state index is 0.187. The third-order valence-corrected chi connectivity index (χ3v) is 3.58. The Labute approximate surface area is 135 Å². The molecule has 0 spiro atoms. The third-order valence-electron chi connectivity index (χ3n) is 3.58. The van der Waals surface area contributed by atoms with Crippen molar-refractivity contribution < 1.29 is 23.5 Å². The molecule has 2 rings (SSSR count). The summed E-state index contributed by atoms with van der Waals surface area (Å²) in [6.07, 6.45) is 4.52. The highest BCUT2D eigenvalue weighted by molar-refractivity contribution is 5.95. The van der Waals surface area contributed by atoms with E-state index in [2.05, 4.69) is 10.6 Å². The molecule has 1 aliphatic heterocycles. The molecule has 1 aromatic heterocycles. The van der Waals surface area contributed by atoms with Crippen LogP contribution in [0.15, 0.2) is 22.8 Å². The summed E-state index contributed by atoms with van der Waals surface area (Å²) in [4.78, 5) is 23.6. The molecule has 2 heterocycles. The molecule has 2 atom stereocenters. The normalized spacial score (nSPS) is 18.6. The van der Waals surface area contributed by atoms with Crippen molar-refractivity contribution in [3.8, 4) is 0 Å². The van der Waals surface area contributed by atoms with Crippen molar-refractivity contribution in [3.05, 3.63) is 24.2 Å². The number of carbonyl (C=O) groups is 2. The van der Waals surface area contributed by atoms with E-state index in [1.807, 2.05) is 0 Å². The van der Waals surface area contributed by atoms with Crippen LogP contribution in [0.1, 0.15) is 36.7 Å². The highest BCUT2D eigenvalue weighted by Gasteiger charge is 2.18. The molecule has 7 nitrogen and oxygen atoms in total. The zero-order valence-corrected chi connectivity index (χ0v) is 13.4. The topological polar surface area (TPSA) is 89.8 Å². The Morgan fingerprint density at radius 3 is 3.04 bits per heavy atom. The van der Waals surface area contributed by atoms with E-state index in [4.69, 9.17) is 13.9 Å². The van der Waals surface area contributed by atoms with Gasteiger partial charge in [-0.1, -0.05) is 0 Å². The quantitative estimate of drug-likeness (QED) is 0.664. The fourth-order valence-corrected chi connectivity index (χ4v) is 2.27. The van der Waals surface area contributed by atoms with Crippen LogP contribution in [0, 0.1) is 0 Å². The second-order valence-electron chi connectivity index (χ2n) is 5.53. The first-order chi connectivity index (χ1) is 11.2. The van der Waals surface area contributed by atoms with Crippen LogP contribution in [-0.2, 0) is 14.3 Å². The minimum Gasteiger partial charge on any atom is -0.459 e. The van der Waals surface area contributed by atoms with Crippen LogP contribution < -0.4 is 10.6 Å². The molecule has 1 aromatic rings. The summed E-state index contributed by atoms with van der Waals surface area (Å²) < 4.78 is 15.9. The second-order valence-corrected chi connectivity index (χ2v) is 5.53. The van der Waals surface area contributed by atoms with Crippen molar-refractivity contribution in [2.24, 2.45) is 0 Å². The zero-order valence-electron chi connectivity index (χ0n) is 13.4. The standard InChI is InChI=1S/C16H24N2O5/c1-12(18-16(20)14-6-3-10-23-14)15(19)17-7-4-8-21-11-13-5-2-9-22-13/h3,6,10,12-13H,2,4-5,7-9,11H2,1H3,(H,17,19)(H,18,20). The van der Waals surface area contributed by atoms with E-state index in [1.165, 1.54) is 6.26 Å². The number of nitrogens with one attached hydrogen (secondary N) is 2. The monoisotopic (exact) mass is 324 g/mol. The van der Waals surface area contributed by atoms with Gasteiger partial charge < -0.3 is 24.5 Å². The maximum absolute atomic E-state index is 11.9. The lowest BCUT2D eigenvalue weighted by molar-refractivity contribution is -0.122.